The number of aromatic nitrogens is 1. The molecule has 0 aliphatic heterocycles. The Morgan fingerprint density at radius 2 is 2.00 bits per heavy atom. The Morgan fingerprint density at radius 1 is 1.21 bits per heavy atom. The third kappa shape index (κ3) is 1.50. The molecular formula is C13H15N. The largest absolute Gasteiger partial charge is 0.261 e. The third-order valence-electron chi connectivity index (χ3n) is 2.56. The number of fused-ring (bicyclic) bond motifs is 1. The number of nitrogens with zero attached hydrogens (tertiary/aromatic N) is 1. The molecule has 0 saturated carbocycles. The Balaban J connectivity index is 2.77. The van der Waals surface area contributed by atoms with Crippen LogP contribution in [-0.4, -0.2) is 4.98 Å². The fraction of sp³-hybridized carbons (Fsp3) is 0.308. The van der Waals surface area contributed by atoms with Gasteiger partial charge in [0.2, 0.25) is 0 Å². The van der Waals surface area contributed by atoms with Gasteiger partial charge in [0.1, 0.15) is 0 Å². The molecule has 0 amide bonds. The highest BCUT2D eigenvalue weighted by Gasteiger charge is 2.04. The van der Waals surface area contributed by atoms with E-state index < -0.39 is 0 Å². The van der Waals surface area contributed by atoms with Crippen LogP contribution in [0.5, 0.6) is 0 Å². The molecule has 14 heavy (non-hydrogen) atoms. The number of aryl methyl sites for hydroxylation is 1. The highest BCUT2D eigenvalue weighted by Crippen LogP contribution is 2.24. The molecule has 1 heteroatoms. The van der Waals surface area contributed by atoms with Gasteiger partial charge in [0.25, 0.3) is 0 Å². The number of benzene rings is 1. The fourth-order valence-electron chi connectivity index (χ4n) is 1.80. The Kier molecular flexibility index (Phi) is 2.24. The number of hydrogen-bond donors (Lipinski definition) is 0. The molecule has 0 N–H and O–H groups in total. The summed E-state index contributed by atoms with van der Waals surface area (Å²) in [7, 11) is 0. The summed E-state index contributed by atoms with van der Waals surface area (Å²) in [5.74, 6) is 0.570. The van der Waals surface area contributed by atoms with Gasteiger partial charge in [-0.05, 0) is 29.9 Å². The van der Waals surface area contributed by atoms with E-state index in [2.05, 4.69) is 43.1 Å². The van der Waals surface area contributed by atoms with Crippen LogP contribution >= 0.6 is 0 Å². The van der Waals surface area contributed by atoms with Gasteiger partial charge in [0.15, 0.2) is 0 Å². The van der Waals surface area contributed by atoms with E-state index in [0.717, 1.165) is 5.69 Å². The first kappa shape index (κ1) is 9.20. The van der Waals surface area contributed by atoms with Crippen LogP contribution in [0.3, 0.4) is 0 Å². The van der Waals surface area contributed by atoms with Gasteiger partial charge in [-0.3, -0.25) is 4.98 Å². The number of pyridine rings is 1. The number of rotatable bonds is 1. The van der Waals surface area contributed by atoms with E-state index in [4.69, 9.17) is 0 Å². The van der Waals surface area contributed by atoms with Crippen molar-refractivity contribution < 1.29 is 0 Å². The van der Waals surface area contributed by atoms with Crippen molar-refractivity contribution in [3.8, 4) is 0 Å². The molecule has 1 aromatic carbocycles. The fourth-order valence-corrected chi connectivity index (χ4v) is 1.80. The highest BCUT2D eigenvalue weighted by molar-refractivity contribution is 5.85. The molecule has 0 atom stereocenters. The smallest absolute Gasteiger partial charge is 0.0379 e. The van der Waals surface area contributed by atoms with E-state index in [-0.39, 0.29) is 0 Å². The molecule has 0 bridgehead atoms. The summed E-state index contributed by atoms with van der Waals surface area (Å²) in [4.78, 5) is 4.31. The zero-order valence-corrected chi connectivity index (χ0v) is 8.91. The van der Waals surface area contributed by atoms with Gasteiger partial charge in [0.05, 0.1) is 0 Å². The maximum atomic E-state index is 4.31. The first-order valence-electron chi connectivity index (χ1n) is 5.04. The average Bonchev–Trinajstić information content (AvgIpc) is 2.16. The lowest BCUT2D eigenvalue weighted by Crippen LogP contribution is -1.90. The molecule has 0 aliphatic carbocycles. The second-order valence-corrected chi connectivity index (χ2v) is 4.05. The van der Waals surface area contributed by atoms with Crippen LogP contribution in [0.15, 0.2) is 30.5 Å². The van der Waals surface area contributed by atoms with Crippen LogP contribution < -0.4 is 0 Å². The SMILES string of the molecule is Cc1cc2c(C(C)C)cccc2cn1. The first-order chi connectivity index (χ1) is 6.68. The summed E-state index contributed by atoms with van der Waals surface area (Å²) in [5.41, 5.74) is 2.50. The van der Waals surface area contributed by atoms with Gasteiger partial charge in [-0.2, -0.15) is 0 Å². The van der Waals surface area contributed by atoms with Crippen molar-refractivity contribution in [2.75, 3.05) is 0 Å². The lowest BCUT2D eigenvalue weighted by Gasteiger charge is -2.09. The Hall–Kier alpha value is -1.37. The van der Waals surface area contributed by atoms with E-state index in [0.29, 0.717) is 5.92 Å². The molecule has 0 aliphatic rings. The van der Waals surface area contributed by atoms with Gasteiger partial charge >= 0.3 is 0 Å². The summed E-state index contributed by atoms with van der Waals surface area (Å²) < 4.78 is 0. The first-order valence-corrected chi connectivity index (χ1v) is 5.04. The molecule has 2 aromatic rings. The van der Waals surface area contributed by atoms with E-state index in [1.165, 1.54) is 16.3 Å². The van der Waals surface area contributed by atoms with E-state index in [9.17, 15) is 0 Å². The van der Waals surface area contributed by atoms with Crippen LogP contribution in [0, 0.1) is 6.92 Å². The van der Waals surface area contributed by atoms with E-state index in [1.807, 2.05) is 13.1 Å². The normalized spacial score (nSPS) is 11.1. The second kappa shape index (κ2) is 3.41. The maximum Gasteiger partial charge on any atom is 0.0379 e. The zero-order chi connectivity index (χ0) is 10.1. The molecule has 2 rings (SSSR count). The summed E-state index contributed by atoms with van der Waals surface area (Å²) in [5, 5.41) is 2.58. The van der Waals surface area contributed by atoms with Crippen molar-refractivity contribution in [2.24, 2.45) is 0 Å². The molecule has 1 heterocycles. The molecule has 0 fully saturated rings. The molecular weight excluding hydrogens is 170 g/mol. The lowest BCUT2D eigenvalue weighted by atomic mass is 9.97. The summed E-state index contributed by atoms with van der Waals surface area (Å²) in [6, 6.07) is 8.60. The zero-order valence-electron chi connectivity index (χ0n) is 8.91. The second-order valence-electron chi connectivity index (χ2n) is 4.05. The predicted octanol–water partition coefficient (Wildman–Crippen LogP) is 3.67. The van der Waals surface area contributed by atoms with E-state index in [1.54, 1.807) is 0 Å². The quantitative estimate of drug-likeness (QED) is 0.660. The minimum Gasteiger partial charge on any atom is -0.261 e. The van der Waals surface area contributed by atoms with Crippen molar-refractivity contribution in [3.05, 3.63) is 41.7 Å². The molecule has 0 radical (unpaired) electrons. The minimum absolute atomic E-state index is 0.570. The van der Waals surface area contributed by atoms with Crippen LogP contribution in [0.4, 0.5) is 0 Å². The third-order valence-corrected chi connectivity index (χ3v) is 2.56. The van der Waals surface area contributed by atoms with Crippen LogP contribution in [0.2, 0.25) is 0 Å². The van der Waals surface area contributed by atoms with Crippen LogP contribution in [0.25, 0.3) is 10.8 Å². The van der Waals surface area contributed by atoms with Gasteiger partial charge in [-0.1, -0.05) is 32.0 Å². The van der Waals surface area contributed by atoms with Crippen molar-refractivity contribution in [3.63, 3.8) is 0 Å². The number of hydrogen-bond acceptors (Lipinski definition) is 1. The Labute approximate surface area is 84.8 Å². The summed E-state index contributed by atoms with van der Waals surface area (Å²) in [6.45, 7) is 6.49. The Bertz CT molecular complexity index is 458. The van der Waals surface area contributed by atoms with Crippen molar-refractivity contribution >= 4 is 10.8 Å². The van der Waals surface area contributed by atoms with Crippen LogP contribution in [0.1, 0.15) is 31.0 Å². The van der Waals surface area contributed by atoms with Crippen molar-refractivity contribution in [1.82, 2.24) is 4.98 Å². The summed E-state index contributed by atoms with van der Waals surface area (Å²) in [6.07, 6.45) is 1.95. The van der Waals surface area contributed by atoms with Crippen molar-refractivity contribution in [1.29, 1.82) is 0 Å². The molecule has 1 aromatic heterocycles. The van der Waals surface area contributed by atoms with E-state index >= 15 is 0 Å². The molecule has 0 saturated heterocycles. The van der Waals surface area contributed by atoms with Crippen LogP contribution in [-0.2, 0) is 0 Å². The summed E-state index contributed by atoms with van der Waals surface area (Å²) >= 11 is 0. The van der Waals surface area contributed by atoms with Gasteiger partial charge in [-0.15, -0.1) is 0 Å². The predicted molar refractivity (Wildman–Crippen MR) is 60.6 cm³/mol. The molecule has 72 valence electrons. The lowest BCUT2D eigenvalue weighted by molar-refractivity contribution is 0.876. The average molecular weight is 185 g/mol. The minimum atomic E-state index is 0.570. The monoisotopic (exact) mass is 185 g/mol. The van der Waals surface area contributed by atoms with Gasteiger partial charge in [-0.25, -0.2) is 0 Å². The maximum absolute atomic E-state index is 4.31. The van der Waals surface area contributed by atoms with Gasteiger partial charge < -0.3 is 0 Å². The van der Waals surface area contributed by atoms with Gasteiger partial charge in [0, 0.05) is 17.3 Å². The van der Waals surface area contributed by atoms with Crippen molar-refractivity contribution in [2.45, 2.75) is 26.7 Å². The Morgan fingerprint density at radius 3 is 2.71 bits per heavy atom. The standard InChI is InChI=1S/C13H15N/c1-9(2)12-6-4-5-11-8-14-10(3)7-13(11)12/h4-9H,1-3H3. The molecule has 0 unspecified atom stereocenters. The highest BCUT2D eigenvalue weighted by atomic mass is 14.7. The molecule has 0 spiro atoms. The topological polar surface area (TPSA) is 12.9 Å². The molecule has 1 nitrogen and oxygen atoms in total.